The first kappa shape index (κ1) is 23.9. The predicted octanol–water partition coefficient (Wildman–Crippen LogP) is 3.96. The number of carbonyl (C=O) groups is 3. The van der Waals surface area contributed by atoms with Crippen LogP contribution in [0.2, 0.25) is 0 Å². The zero-order chi connectivity index (χ0) is 24.8. The van der Waals surface area contributed by atoms with Gasteiger partial charge in [-0.15, -0.1) is 0 Å². The number of amides is 2. The number of aromatic carboxylic acids is 1. The van der Waals surface area contributed by atoms with Gasteiger partial charge in [-0.3, -0.25) is 4.79 Å². The maximum absolute atomic E-state index is 12.3. The molecule has 3 N–H and O–H groups in total. The highest BCUT2D eigenvalue weighted by Gasteiger charge is 2.29. The smallest absolute Gasteiger partial charge is 0.407 e. The number of ether oxygens (including phenoxy) is 1. The highest BCUT2D eigenvalue weighted by atomic mass is 16.5. The van der Waals surface area contributed by atoms with Crippen molar-refractivity contribution in [3.63, 3.8) is 0 Å². The monoisotopic (exact) mass is 473 g/mol. The number of carbonyl (C=O) groups excluding carboxylic acids is 2. The van der Waals surface area contributed by atoms with E-state index in [1.807, 2.05) is 24.3 Å². The summed E-state index contributed by atoms with van der Waals surface area (Å²) in [5.41, 5.74) is 5.30. The van der Waals surface area contributed by atoms with Crippen LogP contribution in [0.15, 0.2) is 66.9 Å². The van der Waals surface area contributed by atoms with Crippen molar-refractivity contribution in [1.29, 1.82) is 0 Å². The topological polar surface area (TPSA) is 118 Å². The second kappa shape index (κ2) is 10.8. The largest absolute Gasteiger partial charge is 0.477 e. The number of hydrogen-bond donors (Lipinski definition) is 3. The second-order valence-corrected chi connectivity index (χ2v) is 8.52. The molecule has 0 spiro atoms. The summed E-state index contributed by atoms with van der Waals surface area (Å²) in [5.74, 6) is -1.59. The van der Waals surface area contributed by atoms with Crippen molar-refractivity contribution >= 4 is 18.0 Å². The lowest BCUT2D eigenvalue weighted by Crippen LogP contribution is -2.33. The summed E-state index contributed by atoms with van der Waals surface area (Å²) >= 11 is 0. The first-order valence-electron chi connectivity index (χ1n) is 11.5. The fourth-order valence-corrected chi connectivity index (χ4v) is 4.19. The summed E-state index contributed by atoms with van der Waals surface area (Å²) in [6.07, 6.45) is 1.36. The number of nitrogens with one attached hydrogen (secondary N) is 2. The third kappa shape index (κ3) is 5.66. The average molecular weight is 474 g/mol. The zero-order valence-electron chi connectivity index (χ0n) is 19.4. The fourth-order valence-electron chi connectivity index (χ4n) is 4.19. The Hall–Kier alpha value is -4.20. The Morgan fingerprint density at radius 3 is 2.23 bits per heavy atom. The number of alkyl carbamates (subject to hydrolysis) is 1. The number of benzene rings is 2. The lowest BCUT2D eigenvalue weighted by atomic mass is 9.98. The van der Waals surface area contributed by atoms with Gasteiger partial charge in [-0.2, -0.15) is 0 Å². The van der Waals surface area contributed by atoms with Crippen LogP contribution in [0.25, 0.3) is 11.1 Å². The van der Waals surface area contributed by atoms with Crippen LogP contribution in [0.1, 0.15) is 46.4 Å². The van der Waals surface area contributed by atoms with E-state index in [-0.39, 0.29) is 36.6 Å². The molecule has 0 fully saturated rings. The van der Waals surface area contributed by atoms with Crippen LogP contribution in [0, 0.1) is 5.92 Å². The molecule has 1 aromatic heterocycles. The van der Waals surface area contributed by atoms with Gasteiger partial charge < -0.3 is 20.5 Å². The molecule has 0 saturated carbocycles. The van der Waals surface area contributed by atoms with E-state index in [1.54, 1.807) is 13.0 Å². The molecule has 1 aliphatic rings. The minimum absolute atomic E-state index is 0.00287. The maximum atomic E-state index is 12.3. The number of carboxylic acid groups (broad SMARTS) is 1. The van der Waals surface area contributed by atoms with Gasteiger partial charge in [-0.25, -0.2) is 14.6 Å². The van der Waals surface area contributed by atoms with Crippen molar-refractivity contribution in [2.24, 2.45) is 5.92 Å². The van der Waals surface area contributed by atoms with E-state index in [9.17, 15) is 14.4 Å². The highest BCUT2D eigenvalue weighted by molar-refractivity contribution is 5.85. The SMILES string of the molecule is CC(CCNC(=O)OCC1c2ccccc2-c2ccccc21)C(=O)NCc1ccc(C(=O)O)nc1. The Morgan fingerprint density at radius 2 is 1.63 bits per heavy atom. The summed E-state index contributed by atoms with van der Waals surface area (Å²) < 4.78 is 5.51. The van der Waals surface area contributed by atoms with E-state index < -0.39 is 12.1 Å². The number of rotatable bonds is 9. The Labute approximate surface area is 203 Å². The molecule has 8 nitrogen and oxygen atoms in total. The van der Waals surface area contributed by atoms with Gasteiger partial charge >= 0.3 is 12.1 Å². The molecule has 0 radical (unpaired) electrons. The summed E-state index contributed by atoms with van der Waals surface area (Å²) in [6.45, 7) is 2.57. The molecule has 180 valence electrons. The molecule has 1 unspecified atom stereocenters. The van der Waals surface area contributed by atoms with Gasteiger partial charge in [0, 0.05) is 31.1 Å². The van der Waals surface area contributed by atoms with E-state index in [2.05, 4.69) is 39.9 Å². The normalized spacial score (nSPS) is 12.8. The molecule has 8 heteroatoms. The summed E-state index contributed by atoms with van der Waals surface area (Å²) in [5, 5.41) is 14.4. The molecule has 0 bridgehead atoms. The van der Waals surface area contributed by atoms with Crippen molar-refractivity contribution in [2.75, 3.05) is 13.2 Å². The number of pyridine rings is 1. The van der Waals surface area contributed by atoms with Crippen LogP contribution >= 0.6 is 0 Å². The molecule has 0 aliphatic heterocycles. The Kier molecular flexibility index (Phi) is 7.40. The summed E-state index contributed by atoms with van der Waals surface area (Å²) in [7, 11) is 0. The van der Waals surface area contributed by atoms with Crippen molar-refractivity contribution < 1.29 is 24.2 Å². The third-order valence-electron chi connectivity index (χ3n) is 6.15. The van der Waals surface area contributed by atoms with Crippen molar-refractivity contribution in [2.45, 2.75) is 25.8 Å². The van der Waals surface area contributed by atoms with Crippen LogP contribution < -0.4 is 10.6 Å². The molecule has 1 atom stereocenters. The lowest BCUT2D eigenvalue weighted by Gasteiger charge is -2.15. The molecular weight excluding hydrogens is 446 g/mol. The standard InChI is InChI=1S/C27H27N3O5/c1-17(25(31)30-15-18-10-11-24(26(32)33)29-14-18)12-13-28-27(34)35-16-23-21-8-4-2-6-19(21)20-7-3-5-9-22(20)23/h2-11,14,17,23H,12-13,15-16H2,1H3,(H,28,34)(H,30,31)(H,32,33). The molecule has 3 aromatic rings. The quantitative estimate of drug-likeness (QED) is 0.433. The molecule has 4 rings (SSSR count). The first-order chi connectivity index (χ1) is 16.9. The van der Waals surface area contributed by atoms with Gasteiger partial charge in [0.25, 0.3) is 0 Å². The van der Waals surface area contributed by atoms with E-state index in [4.69, 9.17) is 9.84 Å². The van der Waals surface area contributed by atoms with Gasteiger partial charge in [0.15, 0.2) is 0 Å². The Bertz CT molecular complexity index is 1180. The number of hydrogen-bond acceptors (Lipinski definition) is 5. The van der Waals surface area contributed by atoms with Crippen LogP contribution in [0.5, 0.6) is 0 Å². The number of nitrogens with zero attached hydrogens (tertiary/aromatic N) is 1. The predicted molar refractivity (Wildman–Crippen MR) is 130 cm³/mol. The van der Waals surface area contributed by atoms with Crippen LogP contribution in [0.3, 0.4) is 0 Å². The van der Waals surface area contributed by atoms with Crippen molar-refractivity contribution in [3.05, 3.63) is 89.2 Å². The molecule has 1 aliphatic carbocycles. The summed E-state index contributed by atoms with van der Waals surface area (Å²) in [6, 6.07) is 19.3. The first-order valence-corrected chi connectivity index (χ1v) is 11.5. The van der Waals surface area contributed by atoms with Crippen LogP contribution in [-0.4, -0.2) is 41.2 Å². The molecule has 0 saturated heterocycles. The zero-order valence-corrected chi connectivity index (χ0v) is 19.4. The molecular formula is C27H27N3O5. The van der Waals surface area contributed by atoms with Crippen molar-refractivity contribution in [3.8, 4) is 11.1 Å². The van der Waals surface area contributed by atoms with E-state index in [1.165, 1.54) is 23.4 Å². The Morgan fingerprint density at radius 1 is 0.971 bits per heavy atom. The molecule has 1 heterocycles. The maximum Gasteiger partial charge on any atom is 0.407 e. The van der Waals surface area contributed by atoms with E-state index >= 15 is 0 Å². The fraction of sp³-hybridized carbons (Fsp3) is 0.259. The van der Waals surface area contributed by atoms with Gasteiger partial charge in [-0.1, -0.05) is 61.5 Å². The van der Waals surface area contributed by atoms with Gasteiger partial charge in [0.2, 0.25) is 5.91 Å². The highest BCUT2D eigenvalue weighted by Crippen LogP contribution is 2.44. The average Bonchev–Trinajstić information content (AvgIpc) is 3.20. The van der Waals surface area contributed by atoms with Crippen molar-refractivity contribution in [1.82, 2.24) is 15.6 Å². The number of aromatic nitrogens is 1. The number of fused-ring (bicyclic) bond motifs is 3. The molecule has 2 amide bonds. The van der Waals surface area contributed by atoms with Gasteiger partial charge in [0.05, 0.1) is 0 Å². The van der Waals surface area contributed by atoms with E-state index in [0.717, 1.165) is 11.1 Å². The minimum atomic E-state index is -1.10. The molecule has 2 aromatic carbocycles. The Balaban J connectivity index is 1.19. The van der Waals surface area contributed by atoms with Crippen LogP contribution in [-0.2, 0) is 16.1 Å². The second-order valence-electron chi connectivity index (χ2n) is 8.52. The van der Waals surface area contributed by atoms with E-state index in [0.29, 0.717) is 18.5 Å². The minimum Gasteiger partial charge on any atom is -0.477 e. The number of carboxylic acids is 1. The molecule has 35 heavy (non-hydrogen) atoms. The van der Waals surface area contributed by atoms with Crippen LogP contribution in [0.4, 0.5) is 4.79 Å². The summed E-state index contributed by atoms with van der Waals surface area (Å²) in [4.78, 5) is 39.3. The lowest BCUT2D eigenvalue weighted by molar-refractivity contribution is -0.124. The van der Waals surface area contributed by atoms with Gasteiger partial charge in [0.1, 0.15) is 12.3 Å². The third-order valence-corrected chi connectivity index (χ3v) is 6.15. The van der Waals surface area contributed by atoms with Gasteiger partial charge in [-0.05, 0) is 40.3 Å².